The van der Waals surface area contributed by atoms with Crippen molar-refractivity contribution < 1.29 is 4.74 Å². The first kappa shape index (κ1) is 22.9. The predicted molar refractivity (Wildman–Crippen MR) is 148 cm³/mol. The summed E-state index contributed by atoms with van der Waals surface area (Å²) in [6.07, 6.45) is 2.51. The van der Waals surface area contributed by atoms with E-state index in [-0.39, 0.29) is 0 Å². The van der Waals surface area contributed by atoms with Gasteiger partial charge >= 0.3 is 0 Å². The van der Waals surface area contributed by atoms with E-state index in [0.29, 0.717) is 23.9 Å². The number of ether oxygens (including phenoxy) is 1. The number of hydrogen-bond acceptors (Lipinski definition) is 3. The van der Waals surface area contributed by atoms with E-state index in [1.165, 1.54) is 37.1 Å². The molecular weight excluding hydrogens is 440 g/mol. The number of para-hydroxylation sites is 3. The Morgan fingerprint density at radius 1 is 0.694 bits per heavy atom. The summed E-state index contributed by atoms with van der Waals surface area (Å²) in [6, 6.07) is 41.6. The van der Waals surface area contributed by atoms with Gasteiger partial charge in [-0.25, -0.2) is 0 Å². The Hall–Kier alpha value is -3.56. The van der Waals surface area contributed by atoms with Crippen LogP contribution >= 0.6 is 0 Å². The van der Waals surface area contributed by atoms with Crippen molar-refractivity contribution in [3.63, 3.8) is 0 Å². The second-order valence-corrected chi connectivity index (χ2v) is 10.1. The fourth-order valence-electron chi connectivity index (χ4n) is 6.53. The second kappa shape index (κ2) is 10.2. The van der Waals surface area contributed by atoms with Crippen LogP contribution in [0.5, 0.6) is 11.5 Å². The molecule has 3 aliphatic rings. The molecule has 182 valence electrons. The molecule has 2 bridgehead atoms. The number of fused-ring (bicyclic) bond motifs is 3. The number of likely N-dealkylation sites (N-methyl/N-ethyl adjacent to an activating group) is 1. The molecule has 2 atom stereocenters. The van der Waals surface area contributed by atoms with Crippen LogP contribution in [0, 0.1) is 5.92 Å². The van der Waals surface area contributed by atoms with Crippen molar-refractivity contribution in [3.05, 3.63) is 126 Å². The Morgan fingerprint density at radius 2 is 1.22 bits per heavy atom. The third-order valence-electron chi connectivity index (χ3n) is 8.15. The molecule has 0 aliphatic carbocycles. The third-order valence-corrected chi connectivity index (χ3v) is 8.15. The van der Waals surface area contributed by atoms with Gasteiger partial charge in [0.15, 0.2) is 5.75 Å². The minimum atomic E-state index is 0.310. The summed E-state index contributed by atoms with van der Waals surface area (Å²) >= 11 is 0. The molecular formula is C33H34N2O. The zero-order valence-electron chi connectivity index (χ0n) is 20.9. The Labute approximate surface area is 215 Å². The van der Waals surface area contributed by atoms with E-state index in [2.05, 4.69) is 102 Å². The van der Waals surface area contributed by atoms with Crippen molar-refractivity contribution >= 4 is 5.69 Å². The monoisotopic (exact) mass is 474 g/mol. The van der Waals surface area contributed by atoms with Gasteiger partial charge in [-0.1, -0.05) is 91.0 Å². The van der Waals surface area contributed by atoms with Crippen LogP contribution in [0.3, 0.4) is 0 Å². The van der Waals surface area contributed by atoms with Crippen molar-refractivity contribution in [2.75, 3.05) is 25.0 Å². The van der Waals surface area contributed by atoms with E-state index < -0.39 is 0 Å². The average molecular weight is 475 g/mol. The minimum Gasteiger partial charge on any atom is -0.455 e. The van der Waals surface area contributed by atoms with Gasteiger partial charge in [0.2, 0.25) is 0 Å². The van der Waals surface area contributed by atoms with E-state index in [4.69, 9.17) is 4.74 Å². The van der Waals surface area contributed by atoms with E-state index >= 15 is 0 Å². The third kappa shape index (κ3) is 4.40. The zero-order chi connectivity index (χ0) is 24.3. The largest absolute Gasteiger partial charge is 0.455 e. The van der Waals surface area contributed by atoms with Crippen LogP contribution in [0.1, 0.15) is 29.9 Å². The van der Waals surface area contributed by atoms with Crippen molar-refractivity contribution in [2.24, 2.45) is 5.92 Å². The molecule has 3 heteroatoms. The minimum absolute atomic E-state index is 0.310. The summed E-state index contributed by atoms with van der Waals surface area (Å²) in [5.41, 5.74) is 3.95. The number of nitrogens with zero attached hydrogens (tertiary/aromatic N) is 2. The van der Waals surface area contributed by atoms with Crippen molar-refractivity contribution in [1.29, 1.82) is 0 Å². The van der Waals surface area contributed by atoms with Gasteiger partial charge in [0, 0.05) is 25.0 Å². The summed E-state index contributed by atoms with van der Waals surface area (Å²) in [4.78, 5) is 5.28. The van der Waals surface area contributed by atoms with Crippen LogP contribution in [-0.4, -0.2) is 37.1 Å². The molecule has 7 rings (SSSR count). The quantitative estimate of drug-likeness (QED) is 0.281. The van der Waals surface area contributed by atoms with Gasteiger partial charge in [-0.05, 0) is 67.2 Å². The lowest BCUT2D eigenvalue weighted by molar-refractivity contribution is 0.0185. The molecule has 3 saturated heterocycles. The maximum atomic E-state index is 6.41. The number of hydrogen-bond donors (Lipinski definition) is 0. The van der Waals surface area contributed by atoms with Crippen molar-refractivity contribution in [2.45, 2.75) is 30.8 Å². The fourth-order valence-corrected chi connectivity index (χ4v) is 6.53. The van der Waals surface area contributed by atoms with E-state index in [9.17, 15) is 0 Å². The maximum Gasteiger partial charge on any atom is 0.150 e. The van der Waals surface area contributed by atoms with Crippen LogP contribution < -0.4 is 9.64 Å². The molecule has 36 heavy (non-hydrogen) atoms. The molecule has 3 heterocycles. The Balaban J connectivity index is 1.42. The Kier molecular flexibility index (Phi) is 6.48. The summed E-state index contributed by atoms with van der Waals surface area (Å²) in [6.45, 7) is 2.36. The summed E-state index contributed by atoms with van der Waals surface area (Å²) in [5.74, 6) is 2.75. The Bertz CT molecular complexity index is 1210. The van der Waals surface area contributed by atoms with Crippen LogP contribution in [0.15, 0.2) is 115 Å². The highest BCUT2D eigenvalue weighted by atomic mass is 16.5. The average Bonchev–Trinajstić information content (AvgIpc) is 2.95. The molecule has 0 unspecified atom stereocenters. The summed E-state index contributed by atoms with van der Waals surface area (Å²) < 4.78 is 6.41. The van der Waals surface area contributed by atoms with Gasteiger partial charge in [-0.2, -0.15) is 0 Å². The standard InChI is InChI=1S/C33H34N2O/c1-34(29-19-11-12-20-30(29)36-28-17-9-4-10-18-28)32-27-21-23-35(24-22-27)33(32)31(25-13-5-2-6-14-25)26-15-7-3-8-16-26/h2-20,27,31-33H,21-24H2,1H3/t32-,33-/m1/s1. The highest BCUT2D eigenvalue weighted by Crippen LogP contribution is 2.46. The lowest BCUT2D eigenvalue weighted by Crippen LogP contribution is -2.65. The Morgan fingerprint density at radius 3 is 1.83 bits per heavy atom. The topological polar surface area (TPSA) is 15.7 Å². The van der Waals surface area contributed by atoms with Crippen LogP contribution in [-0.2, 0) is 0 Å². The molecule has 4 aromatic carbocycles. The predicted octanol–water partition coefficient (Wildman–Crippen LogP) is 7.21. The van der Waals surface area contributed by atoms with E-state index in [0.717, 1.165) is 17.2 Å². The smallest absolute Gasteiger partial charge is 0.150 e. The normalized spacial score (nSPS) is 22.9. The molecule has 0 N–H and O–H groups in total. The molecule has 3 fully saturated rings. The molecule has 0 aromatic heterocycles. The van der Waals surface area contributed by atoms with Crippen LogP contribution in [0.25, 0.3) is 0 Å². The zero-order valence-corrected chi connectivity index (χ0v) is 20.9. The van der Waals surface area contributed by atoms with Gasteiger partial charge in [-0.15, -0.1) is 0 Å². The summed E-state index contributed by atoms with van der Waals surface area (Å²) in [5, 5.41) is 0. The SMILES string of the molecule is CN(c1ccccc1Oc1ccccc1)[C@@H]1C2CCN(CC2)[C@@H]1C(c1ccccc1)c1ccccc1. The number of anilines is 1. The van der Waals surface area contributed by atoms with Gasteiger partial charge in [0.25, 0.3) is 0 Å². The van der Waals surface area contributed by atoms with Crippen molar-refractivity contribution in [1.82, 2.24) is 4.90 Å². The molecule has 3 aliphatic heterocycles. The first-order valence-corrected chi connectivity index (χ1v) is 13.2. The lowest BCUT2D eigenvalue weighted by Gasteiger charge is -2.56. The molecule has 0 spiro atoms. The first-order chi connectivity index (χ1) is 17.8. The molecule has 0 amide bonds. The maximum absolute atomic E-state index is 6.41. The van der Waals surface area contributed by atoms with Gasteiger partial charge in [-0.3, -0.25) is 4.90 Å². The highest BCUT2D eigenvalue weighted by molar-refractivity contribution is 5.60. The van der Waals surface area contributed by atoms with E-state index in [1.54, 1.807) is 0 Å². The number of piperidine rings is 3. The molecule has 4 aromatic rings. The lowest BCUT2D eigenvalue weighted by atomic mass is 9.70. The first-order valence-electron chi connectivity index (χ1n) is 13.2. The highest BCUT2D eigenvalue weighted by Gasteiger charge is 2.48. The van der Waals surface area contributed by atoms with Gasteiger partial charge in [0.1, 0.15) is 5.75 Å². The molecule has 0 saturated carbocycles. The van der Waals surface area contributed by atoms with Crippen LogP contribution in [0.2, 0.25) is 0 Å². The molecule has 3 nitrogen and oxygen atoms in total. The van der Waals surface area contributed by atoms with Crippen LogP contribution in [0.4, 0.5) is 5.69 Å². The van der Waals surface area contributed by atoms with Crippen molar-refractivity contribution in [3.8, 4) is 11.5 Å². The van der Waals surface area contributed by atoms with E-state index in [1.807, 2.05) is 30.3 Å². The van der Waals surface area contributed by atoms with Gasteiger partial charge < -0.3 is 9.64 Å². The fraction of sp³-hybridized carbons (Fsp3) is 0.273. The number of benzene rings is 4. The summed E-state index contributed by atoms with van der Waals surface area (Å²) in [7, 11) is 2.28. The van der Waals surface area contributed by atoms with Gasteiger partial charge in [0.05, 0.1) is 5.69 Å². The molecule has 0 radical (unpaired) electrons. The number of rotatable bonds is 7. The second-order valence-electron chi connectivity index (χ2n) is 10.1.